The van der Waals surface area contributed by atoms with Crippen LogP contribution >= 0.6 is 0 Å². The molecule has 1 N–H and O–H groups in total. The minimum atomic E-state index is -0.0297. The van der Waals surface area contributed by atoms with Gasteiger partial charge in [0, 0.05) is 18.1 Å². The number of carbonyl (C=O) groups excluding carboxylic acids is 1. The van der Waals surface area contributed by atoms with Crippen LogP contribution in [0.3, 0.4) is 0 Å². The predicted octanol–water partition coefficient (Wildman–Crippen LogP) is 4.20. The highest BCUT2D eigenvalue weighted by molar-refractivity contribution is 5.90. The fourth-order valence-corrected chi connectivity index (χ4v) is 2.33. The van der Waals surface area contributed by atoms with Crippen molar-refractivity contribution < 1.29 is 4.79 Å². The zero-order chi connectivity index (χ0) is 16.2. The maximum absolute atomic E-state index is 11.8. The Morgan fingerprint density at radius 3 is 2.43 bits per heavy atom. The van der Waals surface area contributed by atoms with Crippen molar-refractivity contribution in [2.24, 2.45) is 0 Å². The largest absolute Gasteiger partial charge is 0.311 e. The summed E-state index contributed by atoms with van der Waals surface area (Å²) in [6.45, 7) is 3.88. The fourth-order valence-electron chi connectivity index (χ4n) is 2.33. The Hall–Kier alpha value is -2.88. The Balaban J connectivity index is 2.06. The number of carbonyl (C=O) groups is 1. The highest BCUT2D eigenvalue weighted by Crippen LogP contribution is 2.25. The lowest BCUT2D eigenvalue weighted by Gasteiger charge is -2.08. The van der Waals surface area contributed by atoms with E-state index >= 15 is 0 Å². The van der Waals surface area contributed by atoms with Gasteiger partial charge in [-0.2, -0.15) is 5.10 Å². The molecule has 4 nitrogen and oxygen atoms in total. The van der Waals surface area contributed by atoms with E-state index in [1.807, 2.05) is 74.5 Å². The molecule has 0 spiro atoms. The molecule has 0 atom stereocenters. The first-order chi connectivity index (χ1) is 11.2. The number of nitrogens with one attached hydrogen (secondary N) is 1. The van der Waals surface area contributed by atoms with Gasteiger partial charge in [-0.25, -0.2) is 4.68 Å². The standard InChI is InChI=1S/C19H19N3O/c1-3-19(23)20-18-13-17(15-7-5-4-6-8-15)21-22(18)16-11-9-14(2)10-12-16/h4-13H,3H2,1-2H3,(H,20,23). The van der Waals surface area contributed by atoms with E-state index in [0.717, 1.165) is 16.9 Å². The van der Waals surface area contributed by atoms with Crippen LogP contribution < -0.4 is 5.32 Å². The zero-order valence-corrected chi connectivity index (χ0v) is 13.3. The first-order valence-electron chi connectivity index (χ1n) is 7.70. The monoisotopic (exact) mass is 305 g/mol. The number of rotatable bonds is 4. The molecular formula is C19H19N3O. The SMILES string of the molecule is CCC(=O)Nc1cc(-c2ccccc2)nn1-c1ccc(C)cc1. The molecule has 4 heteroatoms. The maximum Gasteiger partial charge on any atom is 0.225 e. The lowest BCUT2D eigenvalue weighted by molar-refractivity contribution is -0.115. The van der Waals surface area contributed by atoms with Gasteiger partial charge in [-0.3, -0.25) is 4.79 Å². The van der Waals surface area contributed by atoms with Gasteiger partial charge in [0.05, 0.1) is 11.4 Å². The third kappa shape index (κ3) is 3.31. The van der Waals surface area contributed by atoms with Crippen molar-refractivity contribution in [3.05, 3.63) is 66.2 Å². The van der Waals surface area contributed by atoms with E-state index in [9.17, 15) is 4.79 Å². The van der Waals surface area contributed by atoms with Gasteiger partial charge in [-0.1, -0.05) is 55.0 Å². The maximum atomic E-state index is 11.8. The van der Waals surface area contributed by atoms with Crippen molar-refractivity contribution in [2.75, 3.05) is 5.32 Å². The first kappa shape index (κ1) is 15.0. The summed E-state index contributed by atoms with van der Waals surface area (Å²) in [4.78, 5) is 11.8. The van der Waals surface area contributed by atoms with Gasteiger partial charge in [-0.15, -0.1) is 0 Å². The Labute approximate surface area is 135 Å². The van der Waals surface area contributed by atoms with E-state index in [2.05, 4.69) is 10.4 Å². The van der Waals surface area contributed by atoms with Crippen molar-refractivity contribution in [3.63, 3.8) is 0 Å². The number of amides is 1. The Kier molecular flexibility index (Phi) is 4.24. The van der Waals surface area contributed by atoms with E-state index in [4.69, 9.17) is 0 Å². The Morgan fingerprint density at radius 1 is 1.09 bits per heavy atom. The lowest BCUT2D eigenvalue weighted by Crippen LogP contribution is -2.13. The van der Waals surface area contributed by atoms with Crippen molar-refractivity contribution in [1.82, 2.24) is 9.78 Å². The van der Waals surface area contributed by atoms with Crippen molar-refractivity contribution in [2.45, 2.75) is 20.3 Å². The van der Waals surface area contributed by atoms with Crippen LogP contribution in [0.2, 0.25) is 0 Å². The number of hydrogen-bond donors (Lipinski definition) is 1. The molecule has 1 aromatic heterocycles. The minimum absolute atomic E-state index is 0.0297. The molecule has 0 fully saturated rings. The van der Waals surface area contributed by atoms with E-state index in [1.165, 1.54) is 5.56 Å². The fraction of sp³-hybridized carbons (Fsp3) is 0.158. The van der Waals surface area contributed by atoms with E-state index in [1.54, 1.807) is 4.68 Å². The molecule has 3 rings (SSSR count). The third-order valence-corrected chi connectivity index (χ3v) is 3.65. The van der Waals surface area contributed by atoms with Crippen LogP contribution in [0.25, 0.3) is 16.9 Å². The molecular weight excluding hydrogens is 286 g/mol. The van der Waals surface area contributed by atoms with Gasteiger partial charge in [0.2, 0.25) is 5.91 Å². The molecule has 0 radical (unpaired) electrons. The van der Waals surface area contributed by atoms with Gasteiger partial charge in [0.25, 0.3) is 0 Å². The predicted molar refractivity (Wildman–Crippen MR) is 92.7 cm³/mol. The second-order valence-corrected chi connectivity index (χ2v) is 5.43. The Bertz CT molecular complexity index is 804. The highest BCUT2D eigenvalue weighted by Gasteiger charge is 2.12. The molecule has 0 bridgehead atoms. The van der Waals surface area contributed by atoms with Gasteiger partial charge in [0.1, 0.15) is 5.82 Å². The summed E-state index contributed by atoms with van der Waals surface area (Å²) < 4.78 is 1.77. The average Bonchev–Trinajstić information content (AvgIpc) is 3.00. The smallest absolute Gasteiger partial charge is 0.225 e. The van der Waals surface area contributed by atoms with Crippen LogP contribution in [0.1, 0.15) is 18.9 Å². The molecule has 1 heterocycles. The molecule has 23 heavy (non-hydrogen) atoms. The molecule has 116 valence electrons. The quantitative estimate of drug-likeness (QED) is 0.785. The average molecular weight is 305 g/mol. The normalized spacial score (nSPS) is 10.5. The molecule has 3 aromatic rings. The number of aryl methyl sites for hydroxylation is 1. The third-order valence-electron chi connectivity index (χ3n) is 3.65. The summed E-state index contributed by atoms with van der Waals surface area (Å²) in [6.07, 6.45) is 0.430. The van der Waals surface area contributed by atoms with Crippen LogP contribution in [0.5, 0.6) is 0 Å². The second-order valence-electron chi connectivity index (χ2n) is 5.43. The molecule has 0 saturated heterocycles. The summed E-state index contributed by atoms with van der Waals surface area (Å²) in [5, 5.41) is 7.59. The molecule has 0 aliphatic heterocycles. The van der Waals surface area contributed by atoms with Crippen LogP contribution in [-0.4, -0.2) is 15.7 Å². The van der Waals surface area contributed by atoms with E-state index in [-0.39, 0.29) is 5.91 Å². The molecule has 0 aliphatic rings. The van der Waals surface area contributed by atoms with Gasteiger partial charge in [-0.05, 0) is 19.1 Å². The number of aromatic nitrogens is 2. The first-order valence-corrected chi connectivity index (χ1v) is 7.70. The molecule has 0 saturated carbocycles. The van der Waals surface area contributed by atoms with E-state index in [0.29, 0.717) is 12.2 Å². The topological polar surface area (TPSA) is 46.9 Å². The number of nitrogens with zero attached hydrogens (tertiary/aromatic N) is 2. The second kappa shape index (κ2) is 6.48. The minimum Gasteiger partial charge on any atom is -0.311 e. The van der Waals surface area contributed by atoms with Crippen molar-refractivity contribution in [1.29, 1.82) is 0 Å². The van der Waals surface area contributed by atoms with Crippen LogP contribution in [-0.2, 0) is 4.79 Å². The number of hydrogen-bond acceptors (Lipinski definition) is 2. The summed E-state index contributed by atoms with van der Waals surface area (Å²) in [5.41, 5.74) is 3.95. The zero-order valence-electron chi connectivity index (χ0n) is 13.3. The van der Waals surface area contributed by atoms with Gasteiger partial charge in [0.15, 0.2) is 0 Å². The molecule has 0 aliphatic carbocycles. The number of anilines is 1. The summed E-state index contributed by atoms with van der Waals surface area (Å²) >= 11 is 0. The van der Waals surface area contributed by atoms with Crippen LogP contribution in [0, 0.1) is 6.92 Å². The molecule has 0 unspecified atom stereocenters. The summed E-state index contributed by atoms with van der Waals surface area (Å²) in [5.74, 6) is 0.650. The summed E-state index contributed by atoms with van der Waals surface area (Å²) in [6, 6.07) is 19.9. The van der Waals surface area contributed by atoms with E-state index < -0.39 is 0 Å². The highest BCUT2D eigenvalue weighted by atomic mass is 16.1. The van der Waals surface area contributed by atoms with Crippen LogP contribution in [0.4, 0.5) is 5.82 Å². The van der Waals surface area contributed by atoms with Crippen molar-refractivity contribution >= 4 is 11.7 Å². The van der Waals surface area contributed by atoms with Gasteiger partial charge < -0.3 is 5.32 Å². The summed E-state index contributed by atoms with van der Waals surface area (Å²) in [7, 11) is 0. The lowest BCUT2D eigenvalue weighted by atomic mass is 10.1. The molecule has 1 amide bonds. The van der Waals surface area contributed by atoms with Gasteiger partial charge >= 0.3 is 0 Å². The number of benzene rings is 2. The molecule has 2 aromatic carbocycles. The Morgan fingerprint density at radius 2 is 1.78 bits per heavy atom. The van der Waals surface area contributed by atoms with Crippen LogP contribution in [0.15, 0.2) is 60.7 Å². The van der Waals surface area contributed by atoms with Crippen molar-refractivity contribution in [3.8, 4) is 16.9 Å².